The van der Waals surface area contributed by atoms with Crippen molar-refractivity contribution in [3.05, 3.63) is 106 Å². The van der Waals surface area contributed by atoms with Crippen LogP contribution in [0.1, 0.15) is 67.7 Å². The summed E-state index contributed by atoms with van der Waals surface area (Å²) in [6.07, 6.45) is 4.81. The maximum absolute atomic E-state index is 14.7. The number of hydrogen-bond donors (Lipinski definition) is 9. The molecular weight excluding hydrogens is 844 g/mol. The van der Waals surface area contributed by atoms with Gasteiger partial charge in [-0.15, -0.1) is 0 Å². The van der Waals surface area contributed by atoms with E-state index in [1.54, 1.807) is 6.20 Å². The number of carbonyl (C=O) groups excluding carboxylic acids is 6. The van der Waals surface area contributed by atoms with Gasteiger partial charge in [-0.25, -0.2) is 0 Å². The number of aryl methyl sites for hydroxylation is 1. The average Bonchev–Trinajstić information content (AvgIpc) is 3.65. The van der Waals surface area contributed by atoms with E-state index in [-0.39, 0.29) is 56.9 Å². The Morgan fingerprint density at radius 2 is 1.52 bits per heavy atom. The van der Waals surface area contributed by atoms with E-state index in [2.05, 4.69) is 52.5 Å². The molecule has 0 unspecified atom stereocenters. The van der Waals surface area contributed by atoms with Crippen LogP contribution in [0, 0.1) is 0 Å². The van der Waals surface area contributed by atoms with Gasteiger partial charge in [-0.1, -0.05) is 89.9 Å². The van der Waals surface area contributed by atoms with Gasteiger partial charge >= 0.3 is 0 Å². The molecule has 6 amide bonds. The molecule has 4 atom stereocenters. The number of para-hydroxylation sites is 1. The van der Waals surface area contributed by atoms with Crippen LogP contribution in [0.5, 0.6) is 0 Å². The Kier molecular flexibility index (Phi) is 16.4. The lowest BCUT2D eigenvalue weighted by molar-refractivity contribution is -0.137. The van der Waals surface area contributed by atoms with Crippen LogP contribution < -0.4 is 43.8 Å². The lowest BCUT2D eigenvalue weighted by atomic mass is 9.76. The molecule has 324 valence electrons. The van der Waals surface area contributed by atoms with Crippen LogP contribution in [0.4, 0.5) is 0 Å². The number of aliphatic imine (C=N–C) groups is 1. The molecule has 5 rings (SSSR count). The van der Waals surface area contributed by atoms with E-state index in [0.717, 1.165) is 44.1 Å². The molecule has 0 aliphatic heterocycles. The van der Waals surface area contributed by atoms with Crippen LogP contribution in [-0.2, 0) is 54.5 Å². The molecule has 0 radical (unpaired) electrons. The fourth-order valence-electron chi connectivity index (χ4n) is 7.50. The molecule has 0 saturated carbocycles. The third kappa shape index (κ3) is 12.9. The van der Waals surface area contributed by atoms with E-state index < -0.39 is 59.7 Å². The number of nitrogens with one attached hydrogen (secondary N) is 6. The molecule has 0 spiro atoms. The Hall–Kier alpha value is -6.23. The minimum absolute atomic E-state index is 0.0347. The van der Waals surface area contributed by atoms with Gasteiger partial charge in [0.25, 0.3) is 0 Å². The third-order valence-corrected chi connectivity index (χ3v) is 11.5. The molecular formula is C44H55BrN10O6. The Labute approximate surface area is 363 Å². The number of nitrogens with zero attached hydrogens (tertiary/aromatic N) is 1. The summed E-state index contributed by atoms with van der Waals surface area (Å²) in [6, 6.07) is 18.8. The highest BCUT2D eigenvalue weighted by Gasteiger charge is 2.44. The van der Waals surface area contributed by atoms with Crippen molar-refractivity contribution in [2.45, 2.75) is 94.8 Å². The van der Waals surface area contributed by atoms with Crippen molar-refractivity contribution < 1.29 is 28.8 Å². The van der Waals surface area contributed by atoms with Crippen molar-refractivity contribution in [3.8, 4) is 0 Å². The average molecular weight is 900 g/mol. The molecule has 61 heavy (non-hydrogen) atoms. The minimum atomic E-state index is -1.37. The topological polar surface area (TPSA) is 269 Å². The second-order valence-electron chi connectivity index (χ2n) is 15.3. The lowest BCUT2D eigenvalue weighted by Gasteiger charge is -2.39. The van der Waals surface area contributed by atoms with Gasteiger partial charge in [0.1, 0.15) is 23.7 Å². The summed E-state index contributed by atoms with van der Waals surface area (Å²) in [4.78, 5) is 89.2. The first kappa shape index (κ1) is 45.8. The van der Waals surface area contributed by atoms with Gasteiger partial charge in [0.15, 0.2) is 5.96 Å². The number of rotatable bonds is 21. The van der Waals surface area contributed by atoms with E-state index in [1.165, 1.54) is 0 Å². The molecule has 0 fully saturated rings. The van der Waals surface area contributed by atoms with Gasteiger partial charge in [-0.05, 0) is 66.5 Å². The van der Waals surface area contributed by atoms with E-state index in [0.29, 0.717) is 19.3 Å². The maximum atomic E-state index is 14.7. The smallest absolute Gasteiger partial charge is 0.246 e. The second kappa shape index (κ2) is 21.9. The van der Waals surface area contributed by atoms with Gasteiger partial charge < -0.3 is 48.8 Å². The van der Waals surface area contributed by atoms with Crippen LogP contribution in [0.3, 0.4) is 0 Å². The van der Waals surface area contributed by atoms with Crippen molar-refractivity contribution in [2.24, 2.45) is 22.2 Å². The van der Waals surface area contributed by atoms with Crippen molar-refractivity contribution in [2.75, 3.05) is 13.1 Å². The number of guanidine groups is 1. The number of hydrogen-bond acceptors (Lipinski definition) is 7. The zero-order valence-electron chi connectivity index (χ0n) is 34.2. The number of fused-ring (bicyclic) bond motifs is 2. The van der Waals surface area contributed by atoms with Gasteiger partial charge in [-0.3, -0.25) is 33.8 Å². The fraction of sp³-hybridized carbons (Fsp3) is 0.386. The Bertz CT molecular complexity index is 2230. The highest BCUT2D eigenvalue weighted by atomic mass is 79.9. The summed E-state index contributed by atoms with van der Waals surface area (Å²) in [5.74, 6) is -3.75. The van der Waals surface area contributed by atoms with Crippen LogP contribution in [0.25, 0.3) is 10.9 Å². The first-order valence-corrected chi connectivity index (χ1v) is 21.3. The molecule has 4 aromatic rings. The highest BCUT2D eigenvalue weighted by Crippen LogP contribution is 2.34. The summed E-state index contributed by atoms with van der Waals surface area (Å²) in [5, 5.41) is 15.0. The minimum Gasteiger partial charge on any atom is -0.370 e. The molecule has 0 bridgehead atoms. The van der Waals surface area contributed by atoms with Gasteiger partial charge in [-0.2, -0.15) is 0 Å². The summed E-state index contributed by atoms with van der Waals surface area (Å²) in [7, 11) is 0. The molecule has 1 aromatic heterocycles. The SMILES string of the molecule is CCCCC(=O)N[C@@]1(C(=O)N[C@H](Cc2ccccc2)C(=O)N[C@@H](CCCN=C(N)N)C(=O)N[C@@H](Cc2c[nH]c3ccccc23)C(=O)NCC(N)=O)CCc2cccc(Br)c2C1. The van der Waals surface area contributed by atoms with Gasteiger partial charge in [0, 0.05) is 53.8 Å². The first-order chi connectivity index (χ1) is 29.3. The quantitative estimate of drug-likeness (QED) is 0.0339. The number of unbranched alkanes of at least 4 members (excludes halogenated alkanes) is 1. The van der Waals surface area contributed by atoms with Crippen LogP contribution in [0.2, 0.25) is 0 Å². The Balaban J connectivity index is 1.44. The zero-order valence-corrected chi connectivity index (χ0v) is 35.8. The fourth-order valence-corrected chi connectivity index (χ4v) is 8.04. The number of nitrogens with two attached hydrogens (primary N) is 3. The molecule has 0 saturated heterocycles. The standard InChI is InChI=1S/C44H55BrN10O6/c1-2-3-18-38(57)55-44(20-19-28-13-9-15-32(45)31(28)24-44)42(61)54-35(22-27-11-5-4-6-12-27)41(60)52-34(17-10-21-49-43(47)48)40(59)53-36(39(58)51-26-37(46)56)23-29-25-50-33-16-8-7-14-30(29)33/h4-9,11-16,25,34-36,50H,2-3,10,17-24,26H2,1H3,(H2,46,56)(H,51,58)(H,52,60)(H,53,59)(H,54,61)(H,55,57)(H4,47,48,49)/t34-,35+,36-,44-/m0/s1. The summed E-state index contributed by atoms with van der Waals surface area (Å²) in [6.45, 7) is 1.66. The van der Waals surface area contributed by atoms with Crippen molar-refractivity contribution in [3.63, 3.8) is 0 Å². The molecule has 1 heterocycles. The number of carbonyl (C=O) groups is 6. The molecule has 12 N–H and O–H groups in total. The lowest BCUT2D eigenvalue weighted by Crippen LogP contribution is -2.65. The van der Waals surface area contributed by atoms with Crippen molar-refractivity contribution >= 4 is 68.2 Å². The molecule has 1 aliphatic carbocycles. The molecule has 1 aliphatic rings. The number of H-pyrrole nitrogens is 1. The van der Waals surface area contributed by atoms with E-state index in [4.69, 9.17) is 17.2 Å². The highest BCUT2D eigenvalue weighted by molar-refractivity contribution is 9.10. The molecule has 3 aromatic carbocycles. The summed E-state index contributed by atoms with van der Waals surface area (Å²) < 4.78 is 0.809. The van der Waals surface area contributed by atoms with Crippen molar-refractivity contribution in [1.29, 1.82) is 0 Å². The number of halogens is 1. The zero-order chi connectivity index (χ0) is 43.9. The largest absolute Gasteiger partial charge is 0.370 e. The monoisotopic (exact) mass is 898 g/mol. The number of aromatic nitrogens is 1. The third-order valence-electron chi connectivity index (χ3n) is 10.7. The van der Waals surface area contributed by atoms with E-state index >= 15 is 0 Å². The number of benzene rings is 3. The predicted octanol–water partition coefficient (Wildman–Crippen LogP) is 2.06. The van der Waals surface area contributed by atoms with Crippen LogP contribution in [-0.4, -0.2) is 83.1 Å². The van der Waals surface area contributed by atoms with Crippen molar-refractivity contribution in [1.82, 2.24) is 31.6 Å². The summed E-state index contributed by atoms with van der Waals surface area (Å²) in [5.41, 5.74) is 19.3. The van der Waals surface area contributed by atoms with Gasteiger partial charge in [0.2, 0.25) is 35.4 Å². The normalized spacial score (nSPS) is 15.9. The van der Waals surface area contributed by atoms with E-state index in [1.807, 2.05) is 79.7 Å². The predicted molar refractivity (Wildman–Crippen MR) is 237 cm³/mol. The van der Waals surface area contributed by atoms with Crippen LogP contribution >= 0.6 is 15.9 Å². The van der Waals surface area contributed by atoms with Gasteiger partial charge in [0.05, 0.1) is 6.54 Å². The second-order valence-corrected chi connectivity index (χ2v) is 16.2. The van der Waals surface area contributed by atoms with Crippen LogP contribution in [0.15, 0.2) is 88.5 Å². The Morgan fingerprint density at radius 1 is 0.820 bits per heavy atom. The first-order valence-electron chi connectivity index (χ1n) is 20.5. The molecule has 17 heteroatoms. The maximum Gasteiger partial charge on any atom is 0.246 e. The number of amides is 6. The summed E-state index contributed by atoms with van der Waals surface area (Å²) >= 11 is 3.64. The number of primary amides is 1. The number of aromatic amines is 1. The molecule has 16 nitrogen and oxygen atoms in total. The Morgan fingerprint density at radius 3 is 2.26 bits per heavy atom. The van der Waals surface area contributed by atoms with E-state index in [9.17, 15) is 28.8 Å².